The molecule has 2 rings (SSSR count). The number of rotatable bonds is 6. The van der Waals surface area contributed by atoms with Crippen LogP contribution in [0.4, 0.5) is 0 Å². The van der Waals surface area contributed by atoms with Gasteiger partial charge >= 0.3 is 0 Å². The van der Waals surface area contributed by atoms with Crippen LogP contribution in [0.25, 0.3) is 0 Å². The van der Waals surface area contributed by atoms with Crippen molar-refractivity contribution in [2.45, 2.75) is 39.2 Å². The van der Waals surface area contributed by atoms with Crippen molar-refractivity contribution in [2.75, 3.05) is 19.8 Å². The fraction of sp³-hybridized carbons (Fsp3) is 0.625. The first-order valence-electron chi connectivity index (χ1n) is 7.10. The van der Waals surface area contributed by atoms with E-state index in [1.807, 2.05) is 0 Å². The third kappa shape index (κ3) is 4.43. The normalized spacial score (nSPS) is 21.1. The van der Waals surface area contributed by atoms with Crippen molar-refractivity contribution >= 4 is 0 Å². The zero-order valence-corrected chi connectivity index (χ0v) is 11.6. The van der Waals surface area contributed by atoms with Gasteiger partial charge in [-0.1, -0.05) is 29.8 Å². The van der Waals surface area contributed by atoms with Crippen LogP contribution in [0.3, 0.4) is 0 Å². The van der Waals surface area contributed by atoms with Crippen LogP contribution < -0.4 is 5.32 Å². The Hall–Kier alpha value is -0.860. The summed E-state index contributed by atoms with van der Waals surface area (Å²) >= 11 is 0. The van der Waals surface area contributed by atoms with Crippen LogP contribution in [0.2, 0.25) is 0 Å². The molecule has 0 amide bonds. The number of hydrogen-bond acceptors (Lipinski definition) is 2. The van der Waals surface area contributed by atoms with Crippen molar-refractivity contribution < 1.29 is 4.74 Å². The molecule has 0 radical (unpaired) electrons. The maximum absolute atomic E-state index is 5.39. The molecule has 1 saturated heterocycles. The van der Waals surface area contributed by atoms with E-state index in [9.17, 15) is 0 Å². The van der Waals surface area contributed by atoms with E-state index in [1.165, 1.54) is 24.0 Å². The Morgan fingerprint density at radius 3 is 3.06 bits per heavy atom. The Morgan fingerprint density at radius 2 is 2.33 bits per heavy atom. The van der Waals surface area contributed by atoms with E-state index in [0.717, 1.165) is 32.1 Å². The Morgan fingerprint density at radius 1 is 1.44 bits per heavy atom. The fourth-order valence-electron chi connectivity index (χ4n) is 2.47. The smallest absolute Gasteiger partial charge is 0.0507 e. The van der Waals surface area contributed by atoms with Gasteiger partial charge in [0.2, 0.25) is 0 Å². The van der Waals surface area contributed by atoms with Crippen LogP contribution in [0.15, 0.2) is 24.3 Å². The molecular weight excluding hydrogens is 222 g/mol. The van der Waals surface area contributed by atoms with Crippen LogP contribution in [0, 0.1) is 12.8 Å². The first-order chi connectivity index (χ1) is 8.74. The minimum absolute atomic E-state index is 0.589. The molecule has 1 fully saturated rings. The van der Waals surface area contributed by atoms with Gasteiger partial charge in [0.05, 0.1) is 6.61 Å². The molecule has 1 heterocycles. The van der Waals surface area contributed by atoms with E-state index in [1.54, 1.807) is 0 Å². The van der Waals surface area contributed by atoms with Crippen LogP contribution in [-0.4, -0.2) is 25.8 Å². The monoisotopic (exact) mass is 247 g/mol. The number of aryl methyl sites for hydroxylation is 2. The van der Waals surface area contributed by atoms with Crippen molar-refractivity contribution in [1.29, 1.82) is 0 Å². The van der Waals surface area contributed by atoms with Gasteiger partial charge in [-0.2, -0.15) is 0 Å². The lowest BCUT2D eigenvalue weighted by molar-refractivity contribution is 0.184. The molecule has 0 spiro atoms. The topological polar surface area (TPSA) is 21.3 Å². The predicted octanol–water partition coefficient (Wildman–Crippen LogP) is 2.94. The van der Waals surface area contributed by atoms with E-state index in [4.69, 9.17) is 4.74 Å². The molecule has 1 aromatic rings. The molecule has 0 bridgehead atoms. The molecule has 1 aliphatic heterocycles. The Kier molecular flexibility index (Phi) is 5.21. The standard InChI is InChI=1S/C16H25NO/c1-13-4-3-5-15(10-13)7-6-14(2)17-11-16-8-9-18-12-16/h3-5,10,14,16-17H,6-9,11-12H2,1-2H3. The quantitative estimate of drug-likeness (QED) is 0.834. The molecule has 18 heavy (non-hydrogen) atoms. The van der Waals surface area contributed by atoms with Gasteiger partial charge in [0.1, 0.15) is 0 Å². The van der Waals surface area contributed by atoms with E-state index in [-0.39, 0.29) is 0 Å². The van der Waals surface area contributed by atoms with Gasteiger partial charge in [-0.05, 0) is 44.6 Å². The number of nitrogens with one attached hydrogen (secondary N) is 1. The molecule has 0 aliphatic carbocycles. The number of ether oxygens (including phenoxy) is 1. The maximum atomic E-state index is 5.39. The minimum atomic E-state index is 0.589. The number of benzene rings is 1. The van der Waals surface area contributed by atoms with Gasteiger partial charge in [0.25, 0.3) is 0 Å². The number of hydrogen-bond donors (Lipinski definition) is 1. The van der Waals surface area contributed by atoms with Crippen molar-refractivity contribution in [1.82, 2.24) is 5.32 Å². The molecule has 1 N–H and O–H groups in total. The Balaban J connectivity index is 1.66. The second-order valence-electron chi connectivity index (χ2n) is 5.57. The van der Waals surface area contributed by atoms with Crippen molar-refractivity contribution in [2.24, 2.45) is 5.92 Å². The SMILES string of the molecule is Cc1cccc(CCC(C)NCC2CCOC2)c1. The van der Waals surface area contributed by atoms with Gasteiger partial charge in [-0.25, -0.2) is 0 Å². The van der Waals surface area contributed by atoms with Gasteiger partial charge in [0, 0.05) is 19.2 Å². The predicted molar refractivity (Wildman–Crippen MR) is 75.9 cm³/mol. The summed E-state index contributed by atoms with van der Waals surface area (Å²) in [7, 11) is 0. The fourth-order valence-corrected chi connectivity index (χ4v) is 2.47. The van der Waals surface area contributed by atoms with Crippen molar-refractivity contribution in [3.63, 3.8) is 0 Å². The van der Waals surface area contributed by atoms with Crippen molar-refractivity contribution in [3.05, 3.63) is 35.4 Å². The molecule has 1 aliphatic rings. The van der Waals surface area contributed by atoms with Gasteiger partial charge < -0.3 is 10.1 Å². The van der Waals surface area contributed by atoms with Gasteiger partial charge in [-0.3, -0.25) is 0 Å². The summed E-state index contributed by atoms with van der Waals surface area (Å²) in [4.78, 5) is 0. The second-order valence-corrected chi connectivity index (χ2v) is 5.57. The highest BCUT2D eigenvalue weighted by Gasteiger charge is 2.15. The lowest BCUT2D eigenvalue weighted by atomic mass is 10.0. The van der Waals surface area contributed by atoms with Gasteiger partial charge in [-0.15, -0.1) is 0 Å². The zero-order chi connectivity index (χ0) is 12.8. The van der Waals surface area contributed by atoms with E-state index < -0.39 is 0 Å². The largest absolute Gasteiger partial charge is 0.381 e. The molecular formula is C16H25NO. The third-order valence-corrected chi connectivity index (χ3v) is 3.73. The highest BCUT2D eigenvalue weighted by atomic mass is 16.5. The summed E-state index contributed by atoms with van der Waals surface area (Å²) in [6.07, 6.45) is 3.59. The minimum Gasteiger partial charge on any atom is -0.381 e. The summed E-state index contributed by atoms with van der Waals surface area (Å²) in [5.74, 6) is 0.728. The van der Waals surface area contributed by atoms with Crippen LogP contribution >= 0.6 is 0 Å². The molecule has 2 unspecified atom stereocenters. The molecule has 2 atom stereocenters. The lowest BCUT2D eigenvalue weighted by Gasteiger charge is -2.16. The van der Waals surface area contributed by atoms with E-state index >= 15 is 0 Å². The molecule has 1 aromatic carbocycles. The summed E-state index contributed by atoms with van der Waals surface area (Å²) in [5, 5.41) is 3.63. The summed E-state index contributed by atoms with van der Waals surface area (Å²) in [6, 6.07) is 9.41. The summed E-state index contributed by atoms with van der Waals surface area (Å²) in [5.41, 5.74) is 2.81. The first-order valence-corrected chi connectivity index (χ1v) is 7.10. The lowest BCUT2D eigenvalue weighted by Crippen LogP contribution is -2.31. The van der Waals surface area contributed by atoms with Crippen LogP contribution in [0.1, 0.15) is 30.9 Å². The maximum Gasteiger partial charge on any atom is 0.0507 e. The summed E-state index contributed by atoms with van der Waals surface area (Å²) in [6.45, 7) is 7.44. The zero-order valence-electron chi connectivity index (χ0n) is 11.6. The highest BCUT2D eigenvalue weighted by molar-refractivity contribution is 5.22. The first kappa shape index (κ1) is 13.6. The highest BCUT2D eigenvalue weighted by Crippen LogP contribution is 2.12. The average Bonchev–Trinajstić information content (AvgIpc) is 2.87. The Bertz CT molecular complexity index is 358. The average molecular weight is 247 g/mol. The molecule has 100 valence electrons. The third-order valence-electron chi connectivity index (χ3n) is 3.73. The Labute approximate surface area is 111 Å². The van der Waals surface area contributed by atoms with Crippen molar-refractivity contribution in [3.8, 4) is 0 Å². The molecule has 2 nitrogen and oxygen atoms in total. The van der Waals surface area contributed by atoms with Crippen LogP contribution in [-0.2, 0) is 11.2 Å². The molecule has 0 saturated carbocycles. The molecule has 0 aromatic heterocycles. The molecule has 2 heteroatoms. The summed E-state index contributed by atoms with van der Waals surface area (Å²) < 4.78 is 5.39. The second kappa shape index (κ2) is 6.91. The van der Waals surface area contributed by atoms with E-state index in [2.05, 4.69) is 43.4 Å². The van der Waals surface area contributed by atoms with E-state index in [0.29, 0.717) is 6.04 Å². The van der Waals surface area contributed by atoms with Gasteiger partial charge in [0.15, 0.2) is 0 Å². The van der Waals surface area contributed by atoms with Crippen LogP contribution in [0.5, 0.6) is 0 Å².